The second-order valence-corrected chi connectivity index (χ2v) is 7.29. The van der Waals surface area contributed by atoms with E-state index in [1.54, 1.807) is 31.2 Å². The number of hydrogen-bond donors (Lipinski definition) is 2. The second-order valence-electron chi connectivity index (χ2n) is 7.29. The van der Waals surface area contributed by atoms with Crippen molar-refractivity contribution < 1.29 is 4.79 Å². The number of nitrogens with zero attached hydrogens (tertiary/aromatic N) is 1. The number of carbonyl (C=O) groups excluding carboxylic acids is 1. The Balaban J connectivity index is 1.98. The van der Waals surface area contributed by atoms with E-state index in [1.807, 2.05) is 25.1 Å². The van der Waals surface area contributed by atoms with Gasteiger partial charge in [-0.1, -0.05) is 45.0 Å². The van der Waals surface area contributed by atoms with Crippen LogP contribution in [0.4, 0.5) is 5.69 Å². The van der Waals surface area contributed by atoms with Crippen molar-refractivity contribution in [2.24, 2.45) is 0 Å². The molecule has 28 heavy (non-hydrogen) atoms. The van der Waals surface area contributed by atoms with Crippen LogP contribution in [0.5, 0.6) is 0 Å². The van der Waals surface area contributed by atoms with Crippen LogP contribution < -0.4 is 16.6 Å². The van der Waals surface area contributed by atoms with Gasteiger partial charge in [0.25, 0.3) is 5.56 Å². The smallest absolute Gasteiger partial charge is 0.324 e. The van der Waals surface area contributed by atoms with Crippen LogP contribution in [0.1, 0.15) is 50.3 Å². The molecule has 0 saturated heterocycles. The lowest BCUT2D eigenvalue weighted by atomic mass is 10.00. The fraction of sp³-hybridized carbons (Fsp3) is 0.318. The van der Waals surface area contributed by atoms with Crippen molar-refractivity contribution in [3.05, 3.63) is 74.4 Å². The Morgan fingerprint density at radius 1 is 1.14 bits per heavy atom. The van der Waals surface area contributed by atoms with E-state index >= 15 is 0 Å². The van der Waals surface area contributed by atoms with Crippen molar-refractivity contribution in [1.82, 2.24) is 9.55 Å². The van der Waals surface area contributed by atoms with Gasteiger partial charge in [-0.2, -0.15) is 0 Å². The number of carbonyl (C=O) groups is 1. The number of aromatic nitrogens is 2. The number of fused-ring (bicyclic) bond motifs is 1. The van der Waals surface area contributed by atoms with Crippen LogP contribution in [0.2, 0.25) is 0 Å². The number of nitrogens with one attached hydrogen (secondary N) is 2. The topological polar surface area (TPSA) is 84.0 Å². The molecule has 0 saturated carbocycles. The summed E-state index contributed by atoms with van der Waals surface area (Å²) in [5.41, 5.74) is 2.21. The molecule has 1 heterocycles. The van der Waals surface area contributed by atoms with E-state index in [1.165, 1.54) is 5.56 Å². The minimum atomic E-state index is -0.898. The second kappa shape index (κ2) is 7.84. The lowest BCUT2D eigenvalue weighted by Crippen LogP contribution is -2.42. The first kappa shape index (κ1) is 19.6. The van der Waals surface area contributed by atoms with Crippen molar-refractivity contribution in [2.75, 3.05) is 5.32 Å². The van der Waals surface area contributed by atoms with E-state index in [-0.39, 0.29) is 5.91 Å². The summed E-state index contributed by atoms with van der Waals surface area (Å²) < 4.78 is 1.01. The van der Waals surface area contributed by atoms with Crippen molar-refractivity contribution in [2.45, 2.75) is 46.1 Å². The highest BCUT2D eigenvalue weighted by Crippen LogP contribution is 2.23. The predicted molar refractivity (Wildman–Crippen MR) is 112 cm³/mol. The van der Waals surface area contributed by atoms with E-state index in [0.717, 1.165) is 10.1 Å². The normalized spacial score (nSPS) is 12.3. The third-order valence-electron chi connectivity index (χ3n) is 5.01. The fourth-order valence-corrected chi connectivity index (χ4v) is 3.35. The van der Waals surface area contributed by atoms with Crippen molar-refractivity contribution in [3.63, 3.8) is 0 Å². The SMILES string of the molecule is CCC(C(=O)Nc1ccc(C(C)C)cc1C)n1c(=O)[nH]c2ccccc2c1=O. The Morgan fingerprint density at radius 2 is 1.86 bits per heavy atom. The summed E-state index contributed by atoms with van der Waals surface area (Å²) in [5.74, 6) is 0.00681. The van der Waals surface area contributed by atoms with Crippen molar-refractivity contribution >= 4 is 22.5 Å². The quantitative estimate of drug-likeness (QED) is 0.709. The zero-order valence-corrected chi connectivity index (χ0v) is 16.6. The van der Waals surface area contributed by atoms with Crippen LogP contribution in [0.25, 0.3) is 10.9 Å². The van der Waals surface area contributed by atoms with E-state index in [4.69, 9.17) is 0 Å². The molecule has 0 fully saturated rings. The molecule has 6 nitrogen and oxygen atoms in total. The van der Waals surface area contributed by atoms with Gasteiger partial charge in [-0.3, -0.25) is 9.59 Å². The number of H-pyrrole nitrogens is 1. The van der Waals surface area contributed by atoms with Gasteiger partial charge in [-0.15, -0.1) is 0 Å². The van der Waals surface area contributed by atoms with Gasteiger partial charge in [-0.05, 0) is 48.6 Å². The lowest BCUT2D eigenvalue weighted by molar-refractivity contribution is -0.119. The summed E-state index contributed by atoms with van der Waals surface area (Å²) in [6.07, 6.45) is 0.316. The summed E-state index contributed by atoms with van der Waals surface area (Å²) in [4.78, 5) is 41.0. The van der Waals surface area contributed by atoms with Gasteiger partial charge in [0.15, 0.2) is 0 Å². The fourth-order valence-electron chi connectivity index (χ4n) is 3.35. The maximum atomic E-state index is 12.9. The highest BCUT2D eigenvalue weighted by atomic mass is 16.2. The molecule has 0 aliphatic rings. The van der Waals surface area contributed by atoms with Crippen LogP contribution in [0, 0.1) is 6.92 Å². The molecular formula is C22H25N3O3. The third kappa shape index (κ3) is 3.63. The van der Waals surface area contributed by atoms with Crippen LogP contribution >= 0.6 is 0 Å². The summed E-state index contributed by atoms with van der Waals surface area (Å²) in [5, 5.41) is 3.26. The molecule has 0 spiro atoms. The average Bonchev–Trinajstić information content (AvgIpc) is 2.66. The molecule has 0 radical (unpaired) electrons. The van der Waals surface area contributed by atoms with E-state index in [0.29, 0.717) is 28.9 Å². The molecule has 1 amide bonds. The first-order valence-electron chi connectivity index (χ1n) is 9.48. The summed E-state index contributed by atoms with van der Waals surface area (Å²) in [6.45, 7) is 7.93. The molecule has 2 aromatic carbocycles. The first-order valence-corrected chi connectivity index (χ1v) is 9.48. The van der Waals surface area contributed by atoms with Crippen LogP contribution in [-0.2, 0) is 4.79 Å². The summed E-state index contributed by atoms with van der Waals surface area (Å²) in [6, 6.07) is 11.8. The largest absolute Gasteiger partial charge is 0.329 e. The van der Waals surface area contributed by atoms with Crippen molar-refractivity contribution in [1.29, 1.82) is 0 Å². The standard InChI is InChI=1S/C22H25N3O3/c1-5-19(20(26)23-17-11-10-15(13(2)3)12-14(17)4)25-21(27)16-8-6-7-9-18(16)24-22(25)28/h6-13,19H,5H2,1-4H3,(H,23,26)(H,24,28). The third-order valence-corrected chi connectivity index (χ3v) is 5.01. The number of anilines is 1. The Hall–Kier alpha value is -3.15. The monoisotopic (exact) mass is 379 g/mol. The molecule has 1 atom stereocenters. The lowest BCUT2D eigenvalue weighted by Gasteiger charge is -2.19. The number of amides is 1. The molecule has 6 heteroatoms. The number of rotatable bonds is 5. The summed E-state index contributed by atoms with van der Waals surface area (Å²) in [7, 11) is 0. The van der Waals surface area contributed by atoms with Gasteiger partial charge in [0.05, 0.1) is 10.9 Å². The average molecular weight is 379 g/mol. The maximum Gasteiger partial charge on any atom is 0.329 e. The van der Waals surface area contributed by atoms with E-state index in [2.05, 4.69) is 24.1 Å². The molecule has 1 unspecified atom stereocenters. The maximum absolute atomic E-state index is 12.9. The predicted octanol–water partition coefficient (Wildman–Crippen LogP) is 3.71. The Kier molecular flexibility index (Phi) is 5.49. The van der Waals surface area contributed by atoms with Gasteiger partial charge >= 0.3 is 5.69 Å². The number of aryl methyl sites for hydroxylation is 1. The molecular weight excluding hydrogens is 354 g/mol. The molecule has 146 valence electrons. The van der Waals surface area contributed by atoms with Crippen LogP contribution in [-0.4, -0.2) is 15.5 Å². The number of para-hydroxylation sites is 1. The molecule has 3 rings (SSSR count). The van der Waals surface area contributed by atoms with Gasteiger partial charge in [-0.25, -0.2) is 9.36 Å². The molecule has 0 bridgehead atoms. The van der Waals surface area contributed by atoms with E-state index in [9.17, 15) is 14.4 Å². The number of benzene rings is 2. The zero-order chi connectivity index (χ0) is 20.4. The molecule has 1 aromatic heterocycles. The molecule has 2 N–H and O–H groups in total. The summed E-state index contributed by atoms with van der Waals surface area (Å²) >= 11 is 0. The molecule has 3 aromatic rings. The molecule has 0 aliphatic heterocycles. The van der Waals surface area contributed by atoms with Gasteiger partial charge in [0.2, 0.25) is 5.91 Å². The Labute approximate surface area is 163 Å². The first-order chi connectivity index (χ1) is 13.3. The molecule has 0 aliphatic carbocycles. The van der Waals surface area contributed by atoms with Gasteiger partial charge < -0.3 is 10.3 Å². The Bertz CT molecular complexity index is 1140. The minimum absolute atomic E-state index is 0.316. The van der Waals surface area contributed by atoms with Crippen LogP contribution in [0.3, 0.4) is 0 Å². The zero-order valence-electron chi connectivity index (χ0n) is 16.6. The number of hydrogen-bond acceptors (Lipinski definition) is 3. The van der Waals surface area contributed by atoms with Gasteiger partial charge in [0.1, 0.15) is 6.04 Å². The minimum Gasteiger partial charge on any atom is -0.324 e. The van der Waals surface area contributed by atoms with E-state index < -0.39 is 17.3 Å². The van der Waals surface area contributed by atoms with Gasteiger partial charge in [0, 0.05) is 5.69 Å². The highest BCUT2D eigenvalue weighted by molar-refractivity contribution is 5.94. The van der Waals surface area contributed by atoms with Crippen molar-refractivity contribution in [3.8, 4) is 0 Å². The highest BCUT2D eigenvalue weighted by Gasteiger charge is 2.23. The number of aromatic amines is 1. The Morgan fingerprint density at radius 3 is 2.50 bits per heavy atom. The van der Waals surface area contributed by atoms with Crippen LogP contribution in [0.15, 0.2) is 52.1 Å².